The molecule has 1 aliphatic rings. The third-order valence-corrected chi connectivity index (χ3v) is 3.35. The van der Waals surface area contributed by atoms with Crippen LogP contribution in [-0.4, -0.2) is 43.9 Å². The monoisotopic (exact) mass is 267 g/mol. The Bertz CT molecular complexity index is 428. The van der Waals surface area contributed by atoms with Gasteiger partial charge in [0, 0.05) is 18.6 Å². The predicted octanol–water partition coefficient (Wildman–Crippen LogP) is 0.0737. The van der Waals surface area contributed by atoms with Crippen LogP contribution >= 0.6 is 0 Å². The molecule has 7 nitrogen and oxygen atoms in total. The van der Waals surface area contributed by atoms with E-state index < -0.39 is 0 Å². The first kappa shape index (κ1) is 13.9. The van der Waals surface area contributed by atoms with Crippen LogP contribution in [0.5, 0.6) is 0 Å². The molecule has 1 atom stereocenters. The summed E-state index contributed by atoms with van der Waals surface area (Å²) in [5, 5.41) is 23.3. The van der Waals surface area contributed by atoms with Crippen LogP contribution in [0.2, 0.25) is 0 Å². The minimum atomic E-state index is -0.0976. The van der Waals surface area contributed by atoms with E-state index >= 15 is 0 Å². The second kappa shape index (κ2) is 6.10. The quantitative estimate of drug-likeness (QED) is 0.729. The van der Waals surface area contributed by atoms with Crippen LogP contribution in [0.4, 0.5) is 0 Å². The molecule has 0 aliphatic heterocycles. The molecule has 1 aromatic heterocycles. The van der Waals surface area contributed by atoms with E-state index in [2.05, 4.69) is 20.8 Å². The van der Waals surface area contributed by atoms with Gasteiger partial charge >= 0.3 is 0 Å². The summed E-state index contributed by atoms with van der Waals surface area (Å²) < 4.78 is 1.53. The van der Waals surface area contributed by atoms with E-state index in [0.29, 0.717) is 18.2 Å². The van der Waals surface area contributed by atoms with Crippen LogP contribution in [0.1, 0.15) is 44.9 Å². The third-order valence-electron chi connectivity index (χ3n) is 3.35. The van der Waals surface area contributed by atoms with Crippen LogP contribution in [0.3, 0.4) is 0 Å². The Kier molecular flexibility index (Phi) is 4.47. The fourth-order valence-corrected chi connectivity index (χ4v) is 2.19. The molecule has 1 aliphatic carbocycles. The lowest BCUT2D eigenvalue weighted by molar-refractivity contribution is -0.122. The van der Waals surface area contributed by atoms with Gasteiger partial charge in [-0.2, -0.15) is 0 Å². The van der Waals surface area contributed by atoms with Gasteiger partial charge in [-0.05, 0) is 35.6 Å². The number of nitrogens with one attached hydrogen (secondary N) is 1. The Morgan fingerprint density at radius 3 is 2.84 bits per heavy atom. The molecule has 1 fully saturated rings. The van der Waals surface area contributed by atoms with Crippen molar-refractivity contribution in [1.29, 1.82) is 0 Å². The molecular weight excluding hydrogens is 246 g/mol. The highest BCUT2D eigenvalue weighted by Crippen LogP contribution is 2.33. The number of carbonyl (C=O) groups excluding carboxylic acids is 1. The SMILES string of the molecule is CC(C)c1nnnn1CC(=O)NC(CCO)C1CC1. The van der Waals surface area contributed by atoms with E-state index in [-0.39, 0.29) is 31.0 Å². The summed E-state index contributed by atoms with van der Waals surface area (Å²) in [5.41, 5.74) is 0. The summed E-state index contributed by atoms with van der Waals surface area (Å²) in [7, 11) is 0. The van der Waals surface area contributed by atoms with Gasteiger partial charge in [-0.25, -0.2) is 4.68 Å². The molecule has 1 aromatic rings. The van der Waals surface area contributed by atoms with E-state index in [1.807, 2.05) is 13.8 Å². The molecule has 7 heteroatoms. The third kappa shape index (κ3) is 3.73. The van der Waals surface area contributed by atoms with E-state index in [4.69, 9.17) is 5.11 Å². The maximum absolute atomic E-state index is 12.0. The predicted molar refractivity (Wildman–Crippen MR) is 68.3 cm³/mol. The summed E-state index contributed by atoms with van der Waals surface area (Å²) >= 11 is 0. The van der Waals surface area contributed by atoms with Crippen LogP contribution in [0.25, 0.3) is 0 Å². The summed E-state index contributed by atoms with van der Waals surface area (Å²) in [6.45, 7) is 4.20. The molecule has 1 unspecified atom stereocenters. The normalized spacial score (nSPS) is 16.6. The Balaban J connectivity index is 1.91. The fraction of sp³-hybridized carbons (Fsp3) is 0.833. The highest BCUT2D eigenvalue weighted by atomic mass is 16.3. The molecule has 1 amide bonds. The van der Waals surface area contributed by atoms with Gasteiger partial charge in [-0.15, -0.1) is 5.10 Å². The number of carbonyl (C=O) groups is 1. The summed E-state index contributed by atoms with van der Waals surface area (Å²) in [5.74, 6) is 1.31. The smallest absolute Gasteiger partial charge is 0.242 e. The highest BCUT2D eigenvalue weighted by molar-refractivity contribution is 5.76. The molecule has 0 aromatic carbocycles. The molecule has 0 saturated heterocycles. The Hall–Kier alpha value is -1.50. The summed E-state index contributed by atoms with van der Waals surface area (Å²) in [6.07, 6.45) is 2.88. The number of hydrogen-bond donors (Lipinski definition) is 2. The van der Waals surface area contributed by atoms with Crippen molar-refractivity contribution in [2.75, 3.05) is 6.61 Å². The molecule has 1 saturated carbocycles. The number of rotatable bonds is 7. The van der Waals surface area contributed by atoms with Crippen LogP contribution in [-0.2, 0) is 11.3 Å². The van der Waals surface area contributed by atoms with Gasteiger partial charge in [0.2, 0.25) is 5.91 Å². The molecule has 2 N–H and O–H groups in total. The van der Waals surface area contributed by atoms with Gasteiger partial charge in [-0.3, -0.25) is 4.79 Å². The maximum atomic E-state index is 12.0. The molecule has 106 valence electrons. The number of nitrogens with zero attached hydrogens (tertiary/aromatic N) is 4. The molecule has 0 radical (unpaired) electrons. The minimum absolute atomic E-state index is 0.0801. The molecule has 2 rings (SSSR count). The van der Waals surface area contributed by atoms with Gasteiger partial charge in [0.25, 0.3) is 0 Å². The number of aliphatic hydroxyl groups is 1. The number of tetrazole rings is 1. The zero-order valence-corrected chi connectivity index (χ0v) is 11.4. The second-order valence-corrected chi connectivity index (χ2v) is 5.37. The lowest BCUT2D eigenvalue weighted by Gasteiger charge is -2.17. The van der Waals surface area contributed by atoms with Crippen molar-refractivity contribution < 1.29 is 9.90 Å². The lowest BCUT2D eigenvalue weighted by Crippen LogP contribution is -2.39. The molecular formula is C12H21N5O2. The first-order chi connectivity index (χ1) is 9.11. The molecule has 0 spiro atoms. The first-order valence-corrected chi connectivity index (χ1v) is 6.78. The van der Waals surface area contributed by atoms with Crippen molar-refractivity contribution in [3.63, 3.8) is 0 Å². The number of hydrogen-bond acceptors (Lipinski definition) is 5. The number of amides is 1. The van der Waals surface area contributed by atoms with Gasteiger partial charge in [0.05, 0.1) is 0 Å². The molecule has 19 heavy (non-hydrogen) atoms. The topological polar surface area (TPSA) is 92.9 Å². The van der Waals surface area contributed by atoms with Crippen molar-refractivity contribution in [3.05, 3.63) is 5.82 Å². The van der Waals surface area contributed by atoms with Crippen molar-refractivity contribution in [1.82, 2.24) is 25.5 Å². The van der Waals surface area contributed by atoms with Gasteiger partial charge in [-0.1, -0.05) is 13.8 Å². The summed E-state index contributed by atoms with van der Waals surface area (Å²) in [6, 6.07) is 0.0801. The zero-order chi connectivity index (χ0) is 13.8. The van der Waals surface area contributed by atoms with E-state index in [1.54, 1.807) is 0 Å². The molecule has 0 bridgehead atoms. The number of aliphatic hydroxyl groups excluding tert-OH is 1. The highest BCUT2D eigenvalue weighted by Gasteiger charge is 2.31. The minimum Gasteiger partial charge on any atom is -0.396 e. The van der Waals surface area contributed by atoms with Gasteiger partial charge < -0.3 is 10.4 Å². The number of aromatic nitrogens is 4. The van der Waals surface area contributed by atoms with Crippen molar-refractivity contribution in [2.45, 2.75) is 51.6 Å². The second-order valence-electron chi connectivity index (χ2n) is 5.37. The average molecular weight is 267 g/mol. The van der Waals surface area contributed by atoms with E-state index in [1.165, 1.54) is 4.68 Å². The van der Waals surface area contributed by atoms with Gasteiger partial charge in [0.15, 0.2) is 5.82 Å². The average Bonchev–Trinajstić information content (AvgIpc) is 3.09. The Morgan fingerprint density at radius 1 is 1.53 bits per heavy atom. The van der Waals surface area contributed by atoms with Crippen molar-refractivity contribution in [2.24, 2.45) is 5.92 Å². The van der Waals surface area contributed by atoms with Crippen LogP contribution in [0.15, 0.2) is 0 Å². The van der Waals surface area contributed by atoms with E-state index in [9.17, 15) is 4.79 Å². The fourth-order valence-electron chi connectivity index (χ4n) is 2.19. The van der Waals surface area contributed by atoms with Crippen molar-refractivity contribution >= 4 is 5.91 Å². The zero-order valence-electron chi connectivity index (χ0n) is 11.4. The Labute approximate surface area is 112 Å². The largest absolute Gasteiger partial charge is 0.396 e. The van der Waals surface area contributed by atoms with Crippen LogP contribution in [0, 0.1) is 5.92 Å². The van der Waals surface area contributed by atoms with E-state index in [0.717, 1.165) is 12.8 Å². The maximum Gasteiger partial charge on any atom is 0.242 e. The first-order valence-electron chi connectivity index (χ1n) is 6.78. The van der Waals surface area contributed by atoms with Gasteiger partial charge in [0.1, 0.15) is 6.54 Å². The lowest BCUT2D eigenvalue weighted by atomic mass is 10.1. The molecule has 1 heterocycles. The standard InChI is InChI=1S/C12H21N5O2/c1-8(2)12-14-15-16-17(12)7-11(19)13-10(5-6-18)9-3-4-9/h8-10,18H,3-7H2,1-2H3,(H,13,19). The van der Waals surface area contributed by atoms with Crippen molar-refractivity contribution in [3.8, 4) is 0 Å². The Morgan fingerprint density at radius 2 is 2.26 bits per heavy atom. The van der Waals surface area contributed by atoms with Crippen LogP contribution < -0.4 is 5.32 Å². The summed E-state index contributed by atoms with van der Waals surface area (Å²) in [4.78, 5) is 12.0.